The zero-order valence-electron chi connectivity index (χ0n) is 48.7. The minimum atomic E-state index is 0.670. The molecule has 0 saturated heterocycles. The molecule has 0 spiro atoms. The molecule has 0 fully saturated rings. The Hall–Kier alpha value is -12.1. The van der Waals surface area contributed by atoms with E-state index in [4.69, 9.17) is 9.97 Å². The van der Waals surface area contributed by atoms with E-state index in [2.05, 4.69) is 334 Å². The molecule has 0 atom stereocenters. The second-order valence-corrected chi connectivity index (χ2v) is 23.7. The fourth-order valence-corrected chi connectivity index (χ4v) is 14.6. The summed E-state index contributed by atoms with van der Waals surface area (Å²) in [6, 6.07) is 115. The second kappa shape index (κ2) is 19.7. The summed E-state index contributed by atoms with van der Waals surface area (Å²) in [6.45, 7) is 0. The van der Waals surface area contributed by atoms with E-state index in [0.29, 0.717) is 5.82 Å². The van der Waals surface area contributed by atoms with E-state index in [9.17, 15) is 0 Å². The molecule has 0 bridgehead atoms. The quantitative estimate of drug-likeness (QED) is 0.142. The summed E-state index contributed by atoms with van der Waals surface area (Å²) < 4.78 is 9.52. The van der Waals surface area contributed by atoms with Crippen molar-refractivity contribution in [2.75, 3.05) is 0 Å². The number of hydrogen-bond donors (Lipinski definition) is 0. The molecule has 14 aromatic carbocycles. The maximum atomic E-state index is 5.61. The molecule has 0 aliphatic rings. The first-order valence-corrected chi connectivity index (χ1v) is 30.8. The van der Waals surface area contributed by atoms with Gasteiger partial charge < -0.3 is 13.7 Å². The zero-order chi connectivity index (χ0) is 59.0. The molecule has 418 valence electrons. The van der Waals surface area contributed by atoms with Gasteiger partial charge in [-0.3, -0.25) is 4.57 Å². The van der Waals surface area contributed by atoms with Gasteiger partial charge in [0.25, 0.3) is 0 Å². The third-order valence-electron chi connectivity index (χ3n) is 18.7. The van der Waals surface area contributed by atoms with Crippen LogP contribution in [-0.2, 0) is 0 Å². The molecule has 90 heavy (non-hydrogen) atoms. The van der Waals surface area contributed by atoms with Gasteiger partial charge in [-0.15, -0.1) is 0 Å². The van der Waals surface area contributed by atoms with Gasteiger partial charge in [0, 0.05) is 76.5 Å². The van der Waals surface area contributed by atoms with E-state index in [1.807, 2.05) is 0 Å². The highest BCUT2D eigenvalue weighted by atomic mass is 15.1. The fourth-order valence-electron chi connectivity index (χ4n) is 14.6. The lowest BCUT2D eigenvalue weighted by Crippen LogP contribution is -2.03. The van der Waals surface area contributed by atoms with E-state index < -0.39 is 0 Å². The van der Waals surface area contributed by atoms with Crippen molar-refractivity contribution in [3.63, 3.8) is 0 Å². The van der Waals surface area contributed by atoms with E-state index >= 15 is 0 Å². The SMILES string of the molecule is c1ccc(-n2c3ccccc3c3cc(-c4ccc5c(c4)c4ccccc4n5-c4cccc(-c5ccc(-c6nc(-n7c8ccccc8c8cc(-c9ccc%10c(c9)c9ccccc9n%10-c9ccccc9)ccc87)c7ccc8ccccc8c7n6)cc5)c4)ccc32)cc1. The predicted octanol–water partition coefficient (Wildman–Crippen LogP) is 21.8. The molecule has 0 radical (unpaired) electrons. The Labute approximate surface area is 517 Å². The number of rotatable bonds is 8. The van der Waals surface area contributed by atoms with Crippen LogP contribution in [-0.4, -0.2) is 28.2 Å². The molecule has 19 rings (SSSR count). The van der Waals surface area contributed by atoms with Gasteiger partial charge in [0.2, 0.25) is 0 Å². The van der Waals surface area contributed by atoms with Gasteiger partial charge in [-0.1, -0.05) is 200 Å². The first-order chi connectivity index (χ1) is 44.6. The summed E-state index contributed by atoms with van der Waals surface area (Å²) in [7, 11) is 0. The van der Waals surface area contributed by atoms with Crippen LogP contribution in [0.15, 0.2) is 315 Å². The van der Waals surface area contributed by atoms with E-state index in [0.717, 1.165) is 83.4 Å². The Kier molecular flexibility index (Phi) is 11.0. The van der Waals surface area contributed by atoms with Gasteiger partial charge in [-0.05, 0) is 154 Å². The van der Waals surface area contributed by atoms with Crippen LogP contribution in [0, 0.1) is 0 Å². The average Bonchev–Trinajstić information content (AvgIpc) is 1.69. The zero-order valence-corrected chi connectivity index (χ0v) is 48.7. The lowest BCUT2D eigenvalue weighted by atomic mass is 10.0. The molecule has 0 unspecified atom stereocenters. The van der Waals surface area contributed by atoms with Crippen LogP contribution < -0.4 is 0 Å². The Bertz CT molecular complexity index is 6140. The first-order valence-electron chi connectivity index (χ1n) is 30.8. The molecule has 5 heterocycles. The largest absolute Gasteiger partial charge is 0.309 e. The molecule has 0 aliphatic heterocycles. The summed E-state index contributed by atoms with van der Waals surface area (Å²) in [6.07, 6.45) is 0. The second-order valence-electron chi connectivity index (χ2n) is 23.7. The highest BCUT2D eigenvalue weighted by Crippen LogP contribution is 2.43. The van der Waals surface area contributed by atoms with Gasteiger partial charge in [0.1, 0.15) is 5.82 Å². The van der Waals surface area contributed by atoms with E-state index in [1.165, 1.54) is 87.4 Å². The molecular formula is C84H52N6. The van der Waals surface area contributed by atoms with Crippen LogP contribution in [0.1, 0.15) is 0 Å². The Morgan fingerprint density at radius 3 is 1.03 bits per heavy atom. The Morgan fingerprint density at radius 2 is 0.544 bits per heavy atom. The van der Waals surface area contributed by atoms with Crippen LogP contribution in [0.25, 0.3) is 177 Å². The summed E-state index contributed by atoms with van der Waals surface area (Å²) in [4.78, 5) is 11.1. The first kappa shape index (κ1) is 50.1. The highest BCUT2D eigenvalue weighted by molar-refractivity contribution is 6.16. The minimum Gasteiger partial charge on any atom is -0.309 e. The summed E-state index contributed by atoms with van der Waals surface area (Å²) in [5.41, 5.74) is 21.5. The summed E-state index contributed by atoms with van der Waals surface area (Å²) >= 11 is 0. The number of benzene rings is 14. The molecule has 0 saturated carbocycles. The van der Waals surface area contributed by atoms with Crippen molar-refractivity contribution in [2.45, 2.75) is 0 Å². The van der Waals surface area contributed by atoms with Crippen molar-refractivity contribution in [3.05, 3.63) is 315 Å². The number of hydrogen-bond acceptors (Lipinski definition) is 2. The van der Waals surface area contributed by atoms with Gasteiger partial charge in [0.05, 0.1) is 49.7 Å². The smallest absolute Gasteiger partial charge is 0.162 e. The van der Waals surface area contributed by atoms with Crippen molar-refractivity contribution in [3.8, 4) is 67.6 Å². The number of fused-ring (bicyclic) bond motifs is 15. The third-order valence-corrected chi connectivity index (χ3v) is 18.7. The molecular weight excluding hydrogens is 1090 g/mol. The van der Waals surface area contributed by atoms with Gasteiger partial charge in [-0.25, -0.2) is 9.97 Å². The Morgan fingerprint density at radius 1 is 0.189 bits per heavy atom. The van der Waals surface area contributed by atoms with Crippen LogP contribution in [0.5, 0.6) is 0 Å². The predicted molar refractivity (Wildman–Crippen MR) is 376 cm³/mol. The maximum Gasteiger partial charge on any atom is 0.162 e. The number of aromatic nitrogens is 6. The minimum absolute atomic E-state index is 0.670. The summed E-state index contributed by atoms with van der Waals surface area (Å²) in [5.74, 6) is 1.52. The molecule has 0 N–H and O–H groups in total. The van der Waals surface area contributed by atoms with Crippen LogP contribution >= 0.6 is 0 Å². The summed E-state index contributed by atoms with van der Waals surface area (Å²) in [5, 5.41) is 12.9. The van der Waals surface area contributed by atoms with Crippen molar-refractivity contribution in [1.29, 1.82) is 0 Å². The van der Waals surface area contributed by atoms with Crippen LogP contribution in [0.4, 0.5) is 0 Å². The fraction of sp³-hybridized carbons (Fsp3) is 0. The number of nitrogens with zero attached hydrogens (tertiary/aromatic N) is 6. The lowest BCUT2D eigenvalue weighted by molar-refractivity contribution is 1.08. The van der Waals surface area contributed by atoms with Crippen LogP contribution in [0.2, 0.25) is 0 Å². The third kappa shape index (κ3) is 7.65. The monoisotopic (exact) mass is 1140 g/mol. The standard InChI is InChI=1S/C84H52N6/c1-3-20-61(21-4-1)87-74-30-13-9-26-65(74)70-49-57(39-44-78(70)87)59-41-46-80-72(51-59)67-28-11-15-32-76(67)89(80)63-24-17-19-56(48-63)53-34-36-55(37-35-53)83-85-82-64-25-8-7-18-54(64)38-43-69(82)84(86-83)90-77-33-16-12-29-68(77)73-52-60(42-47-81(73)90)58-40-45-79-71(50-58)66-27-10-14-31-75(66)88(79)62-22-5-2-6-23-62/h1-52H. The van der Waals surface area contributed by atoms with Gasteiger partial charge in [0.15, 0.2) is 5.82 Å². The van der Waals surface area contributed by atoms with E-state index in [-0.39, 0.29) is 0 Å². The molecule has 19 aromatic rings. The van der Waals surface area contributed by atoms with Crippen molar-refractivity contribution >= 4 is 109 Å². The molecule has 0 aliphatic carbocycles. The molecule has 5 aromatic heterocycles. The number of para-hydroxylation sites is 6. The normalized spacial score (nSPS) is 12.0. The van der Waals surface area contributed by atoms with Crippen molar-refractivity contribution < 1.29 is 0 Å². The highest BCUT2D eigenvalue weighted by Gasteiger charge is 2.22. The van der Waals surface area contributed by atoms with Crippen molar-refractivity contribution in [2.24, 2.45) is 0 Å². The maximum absolute atomic E-state index is 5.61. The van der Waals surface area contributed by atoms with Crippen molar-refractivity contribution in [1.82, 2.24) is 28.2 Å². The van der Waals surface area contributed by atoms with Gasteiger partial charge >= 0.3 is 0 Å². The molecule has 6 nitrogen and oxygen atoms in total. The topological polar surface area (TPSA) is 45.5 Å². The average molecular weight is 1150 g/mol. The molecule has 6 heteroatoms. The lowest BCUT2D eigenvalue weighted by Gasteiger charge is -2.14. The molecule has 0 amide bonds. The van der Waals surface area contributed by atoms with E-state index in [1.54, 1.807) is 0 Å². The van der Waals surface area contributed by atoms with Crippen LogP contribution in [0.3, 0.4) is 0 Å². The Balaban J connectivity index is 0.696. The van der Waals surface area contributed by atoms with Gasteiger partial charge in [-0.2, -0.15) is 0 Å².